The molecule has 1 amide bonds. The Morgan fingerprint density at radius 2 is 2.14 bits per heavy atom. The van der Waals surface area contributed by atoms with Gasteiger partial charge in [0.2, 0.25) is 5.91 Å². The highest BCUT2D eigenvalue weighted by Gasteiger charge is 2.17. The molecule has 0 fully saturated rings. The second kappa shape index (κ2) is 8.18. The van der Waals surface area contributed by atoms with Gasteiger partial charge in [-0.2, -0.15) is 0 Å². The van der Waals surface area contributed by atoms with Crippen molar-refractivity contribution in [1.29, 1.82) is 0 Å². The second-order valence-corrected chi connectivity index (χ2v) is 7.22. The summed E-state index contributed by atoms with van der Waals surface area (Å²) < 4.78 is 6.89. The van der Waals surface area contributed by atoms with Crippen molar-refractivity contribution in [1.82, 2.24) is 19.4 Å². The van der Waals surface area contributed by atoms with Crippen molar-refractivity contribution in [2.24, 2.45) is 0 Å². The Morgan fingerprint density at radius 3 is 2.93 bits per heavy atom. The Labute approximate surface area is 164 Å². The number of thiophene rings is 1. The lowest BCUT2D eigenvalue weighted by atomic mass is 10.2. The number of pyridine rings is 1. The van der Waals surface area contributed by atoms with Gasteiger partial charge in [-0.15, -0.1) is 11.3 Å². The Morgan fingerprint density at radius 1 is 1.21 bits per heavy atom. The molecule has 4 heterocycles. The average molecular weight is 394 g/mol. The van der Waals surface area contributed by atoms with Gasteiger partial charge in [-0.1, -0.05) is 6.07 Å². The number of nitrogens with zero attached hydrogens (tertiary/aromatic N) is 4. The predicted octanol–water partition coefficient (Wildman–Crippen LogP) is 3.07. The molecular formula is C20H18N4O3S. The van der Waals surface area contributed by atoms with Gasteiger partial charge in [0, 0.05) is 31.9 Å². The summed E-state index contributed by atoms with van der Waals surface area (Å²) in [6.07, 6.45) is 6.72. The number of rotatable bonds is 7. The van der Waals surface area contributed by atoms with Gasteiger partial charge < -0.3 is 9.32 Å². The minimum Gasteiger partial charge on any atom is -0.467 e. The van der Waals surface area contributed by atoms with Crippen LogP contribution in [0.3, 0.4) is 0 Å². The molecule has 0 unspecified atom stereocenters. The number of hydrogen-bond acceptors (Lipinski definition) is 6. The van der Waals surface area contributed by atoms with Crippen LogP contribution >= 0.6 is 11.3 Å². The van der Waals surface area contributed by atoms with Crippen molar-refractivity contribution in [3.63, 3.8) is 0 Å². The molecular weight excluding hydrogens is 376 g/mol. The van der Waals surface area contributed by atoms with Crippen molar-refractivity contribution in [2.75, 3.05) is 0 Å². The lowest BCUT2D eigenvalue weighted by Crippen LogP contribution is -2.32. The maximum atomic E-state index is 12.9. The van der Waals surface area contributed by atoms with Crippen LogP contribution in [-0.4, -0.2) is 25.3 Å². The van der Waals surface area contributed by atoms with Gasteiger partial charge in [0.25, 0.3) is 5.56 Å². The molecule has 8 heteroatoms. The van der Waals surface area contributed by atoms with E-state index in [9.17, 15) is 9.59 Å². The van der Waals surface area contributed by atoms with Crippen molar-refractivity contribution in [2.45, 2.75) is 26.1 Å². The number of carbonyl (C=O) groups is 1. The molecule has 0 aliphatic carbocycles. The summed E-state index contributed by atoms with van der Waals surface area (Å²) in [5.74, 6) is 0.633. The van der Waals surface area contributed by atoms with Crippen molar-refractivity contribution in [3.8, 4) is 0 Å². The third-order valence-electron chi connectivity index (χ3n) is 4.39. The lowest BCUT2D eigenvalue weighted by Gasteiger charge is -2.22. The van der Waals surface area contributed by atoms with Gasteiger partial charge in [-0.3, -0.25) is 19.1 Å². The van der Waals surface area contributed by atoms with Crippen LogP contribution in [0.1, 0.15) is 17.7 Å². The maximum absolute atomic E-state index is 12.9. The molecule has 4 aromatic heterocycles. The largest absolute Gasteiger partial charge is 0.467 e. The van der Waals surface area contributed by atoms with Gasteiger partial charge in [0.15, 0.2) is 0 Å². The molecule has 0 radical (unpaired) electrons. The molecule has 0 atom stereocenters. The first-order chi connectivity index (χ1) is 13.7. The molecule has 4 rings (SSSR count). The molecule has 0 N–H and O–H groups in total. The Kier molecular flexibility index (Phi) is 5.29. The van der Waals surface area contributed by atoms with Crippen LogP contribution in [0.5, 0.6) is 0 Å². The van der Waals surface area contributed by atoms with E-state index in [2.05, 4.69) is 9.97 Å². The smallest absolute Gasteiger partial charge is 0.262 e. The van der Waals surface area contributed by atoms with Gasteiger partial charge in [-0.25, -0.2) is 4.98 Å². The lowest BCUT2D eigenvalue weighted by molar-refractivity contribution is -0.133. The van der Waals surface area contributed by atoms with Crippen molar-refractivity contribution in [3.05, 3.63) is 82.4 Å². The third-order valence-corrected chi connectivity index (χ3v) is 5.21. The van der Waals surface area contributed by atoms with Crippen LogP contribution in [0.4, 0.5) is 0 Å². The number of hydrogen-bond donors (Lipinski definition) is 0. The molecule has 0 spiro atoms. The van der Waals surface area contributed by atoms with E-state index in [1.165, 1.54) is 22.2 Å². The summed E-state index contributed by atoms with van der Waals surface area (Å²) in [6, 6.07) is 9.16. The maximum Gasteiger partial charge on any atom is 0.262 e. The van der Waals surface area contributed by atoms with E-state index in [1.54, 1.807) is 35.7 Å². The zero-order valence-corrected chi connectivity index (χ0v) is 15.8. The van der Waals surface area contributed by atoms with Crippen molar-refractivity contribution >= 4 is 27.5 Å². The van der Waals surface area contributed by atoms with Crippen LogP contribution < -0.4 is 5.56 Å². The van der Waals surface area contributed by atoms with E-state index in [1.807, 2.05) is 23.6 Å². The zero-order valence-electron chi connectivity index (χ0n) is 15.0. The second-order valence-electron chi connectivity index (χ2n) is 6.32. The van der Waals surface area contributed by atoms with Crippen LogP contribution in [0.2, 0.25) is 0 Å². The van der Waals surface area contributed by atoms with E-state index in [0.717, 1.165) is 5.56 Å². The Balaban J connectivity index is 1.49. The standard InChI is InChI=1S/C20H18N4O3S/c25-18(5-8-23-14-22-19-17(20(23)26)6-10-28-19)24(13-16-4-2-9-27-16)12-15-3-1-7-21-11-15/h1-4,6-7,9-11,14H,5,8,12-13H2. The summed E-state index contributed by atoms with van der Waals surface area (Å²) in [7, 11) is 0. The molecule has 28 heavy (non-hydrogen) atoms. The van der Waals surface area contributed by atoms with Crippen molar-refractivity contribution < 1.29 is 9.21 Å². The SMILES string of the molecule is O=C(CCn1cnc2sccc2c1=O)N(Cc1cccnc1)Cc1ccco1. The third kappa shape index (κ3) is 4.01. The fourth-order valence-electron chi connectivity index (χ4n) is 2.96. The summed E-state index contributed by atoms with van der Waals surface area (Å²) >= 11 is 1.43. The Bertz CT molecular complexity index is 1120. The van der Waals surface area contributed by atoms with Gasteiger partial charge >= 0.3 is 0 Å². The monoisotopic (exact) mass is 394 g/mol. The van der Waals surface area contributed by atoms with E-state index in [-0.39, 0.29) is 24.4 Å². The van der Waals surface area contributed by atoms with E-state index < -0.39 is 0 Å². The summed E-state index contributed by atoms with van der Waals surface area (Å²) in [5.41, 5.74) is 0.810. The van der Waals surface area contributed by atoms with Crippen LogP contribution in [0.25, 0.3) is 10.2 Å². The molecule has 0 saturated carbocycles. The van der Waals surface area contributed by atoms with E-state index in [4.69, 9.17) is 4.42 Å². The van der Waals surface area contributed by atoms with Gasteiger partial charge in [0.1, 0.15) is 10.6 Å². The predicted molar refractivity (Wildman–Crippen MR) is 106 cm³/mol. The van der Waals surface area contributed by atoms with E-state index in [0.29, 0.717) is 29.1 Å². The molecule has 7 nitrogen and oxygen atoms in total. The van der Waals surface area contributed by atoms with Crippen LogP contribution in [0.15, 0.2) is 69.9 Å². The molecule has 0 aliphatic rings. The molecule has 4 aromatic rings. The zero-order chi connectivity index (χ0) is 19.3. The molecule has 0 saturated heterocycles. The van der Waals surface area contributed by atoms with E-state index >= 15 is 0 Å². The molecule has 0 aromatic carbocycles. The first-order valence-electron chi connectivity index (χ1n) is 8.82. The number of carbonyl (C=O) groups excluding carboxylic acids is 1. The number of fused-ring (bicyclic) bond motifs is 1. The number of amides is 1. The number of furan rings is 1. The van der Waals surface area contributed by atoms with Crippen LogP contribution in [-0.2, 0) is 24.4 Å². The summed E-state index contributed by atoms with van der Waals surface area (Å²) in [6.45, 7) is 1.06. The number of aromatic nitrogens is 3. The minimum absolute atomic E-state index is 0.0717. The summed E-state index contributed by atoms with van der Waals surface area (Å²) in [5, 5.41) is 2.43. The summed E-state index contributed by atoms with van der Waals surface area (Å²) in [4.78, 5) is 36.2. The normalized spacial score (nSPS) is 11.0. The average Bonchev–Trinajstić information content (AvgIpc) is 3.39. The first kappa shape index (κ1) is 18.1. The highest BCUT2D eigenvalue weighted by Crippen LogP contribution is 2.14. The molecule has 142 valence electrons. The molecule has 0 bridgehead atoms. The Hall–Kier alpha value is -3.26. The minimum atomic E-state index is -0.121. The van der Waals surface area contributed by atoms with Gasteiger partial charge in [0.05, 0.1) is 24.5 Å². The fourth-order valence-corrected chi connectivity index (χ4v) is 3.69. The van der Waals surface area contributed by atoms with Crippen LogP contribution in [0, 0.1) is 0 Å². The molecule has 0 aliphatic heterocycles. The van der Waals surface area contributed by atoms with Gasteiger partial charge in [-0.05, 0) is 35.2 Å². The number of aryl methyl sites for hydroxylation is 1. The highest BCUT2D eigenvalue weighted by atomic mass is 32.1. The topological polar surface area (TPSA) is 81.2 Å². The highest BCUT2D eigenvalue weighted by molar-refractivity contribution is 7.16. The first-order valence-corrected chi connectivity index (χ1v) is 9.70. The fraction of sp³-hybridized carbons (Fsp3) is 0.200. The quantitative estimate of drug-likeness (QED) is 0.481.